The molecule has 112 valence electrons. The molecule has 0 saturated carbocycles. The zero-order valence-electron chi connectivity index (χ0n) is 12.5. The Bertz CT molecular complexity index is 576. The predicted octanol–water partition coefficient (Wildman–Crippen LogP) is 5.01. The van der Waals surface area contributed by atoms with E-state index in [0.29, 0.717) is 17.1 Å². The smallest absolute Gasteiger partial charge is 0.133 e. The van der Waals surface area contributed by atoms with Crippen LogP contribution in [0.2, 0.25) is 0 Å². The zero-order valence-corrected chi connectivity index (χ0v) is 12.5. The fraction of sp³-hybridized carbons (Fsp3) is 0.333. The second-order valence-electron chi connectivity index (χ2n) is 5.21. The zero-order chi connectivity index (χ0) is 15.2. The predicted molar refractivity (Wildman–Crippen MR) is 82.2 cm³/mol. The van der Waals surface area contributed by atoms with Crippen molar-refractivity contribution in [2.24, 2.45) is 0 Å². The highest BCUT2D eigenvalue weighted by atomic mass is 19.1. The molecule has 0 bridgehead atoms. The summed E-state index contributed by atoms with van der Waals surface area (Å²) < 4.78 is 19.0. The minimum atomic E-state index is -0.778. The first-order valence-electron chi connectivity index (χ1n) is 7.34. The summed E-state index contributed by atoms with van der Waals surface area (Å²) in [6.07, 6.45) is 2.63. The van der Waals surface area contributed by atoms with Crippen LogP contribution in [0.3, 0.4) is 0 Å². The summed E-state index contributed by atoms with van der Waals surface area (Å²) in [4.78, 5) is 0. The fourth-order valence-electron chi connectivity index (χ4n) is 2.17. The van der Waals surface area contributed by atoms with E-state index in [2.05, 4.69) is 6.92 Å². The lowest BCUT2D eigenvalue weighted by molar-refractivity contribution is 0.195. The molecule has 0 heterocycles. The van der Waals surface area contributed by atoms with Gasteiger partial charge in [0, 0.05) is 5.56 Å². The minimum Gasteiger partial charge on any atom is -0.457 e. The molecule has 0 amide bonds. The molecule has 1 N–H and O–H groups in total. The van der Waals surface area contributed by atoms with Crippen molar-refractivity contribution < 1.29 is 14.2 Å². The van der Waals surface area contributed by atoms with Gasteiger partial charge in [0.2, 0.25) is 0 Å². The van der Waals surface area contributed by atoms with Crippen LogP contribution < -0.4 is 4.74 Å². The fourth-order valence-corrected chi connectivity index (χ4v) is 2.17. The first-order valence-corrected chi connectivity index (χ1v) is 7.34. The third-order valence-electron chi connectivity index (χ3n) is 3.39. The number of benzene rings is 2. The molecule has 0 radical (unpaired) electrons. The molecule has 0 spiro atoms. The van der Waals surface area contributed by atoms with Gasteiger partial charge in [0.05, 0.1) is 6.10 Å². The van der Waals surface area contributed by atoms with Crippen molar-refractivity contribution in [1.29, 1.82) is 0 Å². The monoisotopic (exact) mass is 288 g/mol. The van der Waals surface area contributed by atoms with Crippen molar-refractivity contribution in [2.45, 2.75) is 39.2 Å². The van der Waals surface area contributed by atoms with E-state index in [4.69, 9.17) is 4.74 Å². The molecule has 0 aliphatic carbocycles. The highest BCUT2D eigenvalue weighted by Crippen LogP contribution is 2.30. The van der Waals surface area contributed by atoms with Crippen LogP contribution in [0.15, 0.2) is 42.5 Å². The van der Waals surface area contributed by atoms with Gasteiger partial charge in [0.15, 0.2) is 0 Å². The van der Waals surface area contributed by atoms with Crippen LogP contribution in [0.5, 0.6) is 11.5 Å². The molecule has 2 nitrogen and oxygen atoms in total. The summed E-state index contributed by atoms with van der Waals surface area (Å²) in [5.41, 5.74) is 1.73. The number of hydrogen-bond acceptors (Lipinski definition) is 2. The maximum absolute atomic E-state index is 13.3. The number of rotatable bonds is 6. The summed E-state index contributed by atoms with van der Waals surface area (Å²) in [6.45, 7) is 3.76. The molecule has 0 aliphatic heterocycles. The van der Waals surface area contributed by atoms with Gasteiger partial charge in [-0.05, 0) is 55.7 Å². The molecular weight excluding hydrogens is 267 g/mol. The minimum absolute atomic E-state index is 0.381. The van der Waals surface area contributed by atoms with Crippen LogP contribution in [0.4, 0.5) is 4.39 Å². The standard InChI is InChI=1S/C18H21FO2/c1-3-4-5-14-6-9-16(10-7-14)21-18-11-8-15(19)12-17(18)13(2)20/h6-13,20H,3-5H2,1-2H3/t13-/m0/s1. The highest BCUT2D eigenvalue weighted by molar-refractivity contribution is 5.40. The van der Waals surface area contributed by atoms with Gasteiger partial charge in [-0.3, -0.25) is 0 Å². The molecule has 0 aliphatic rings. The molecule has 0 fully saturated rings. The number of ether oxygens (including phenoxy) is 1. The first-order chi connectivity index (χ1) is 10.1. The van der Waals surface area contributed by atoms with E-state index in [-0.39, 0.29) is 5.82 Å². The summed E-state index contributed by atoms with van der Waals surface area (Å²) in [6, 6.07) is 12.1. The maximum atomic E-state index is 13.3. The van der Waals surface area contributed by atoms with Crippen molar-refractivity contribution in [3.8, 4) is 11.5 Å². The lowest BCUT2D eigenvalue weighted by atomic mass is 10.1. The van der Waals surface area contributed by atoms with Gasteiger partial charge < -0.3 is 9.84 Å². The largest absolute Gasteiger partial charge is 0.457 e. The van der Waals surface area contributed by atoms with E-state index >= 15 is 0 Å². The number of aliphatic hydroxyl groups excluding tert-OH is 1. The lowest BCUT2D eigenvalue weighted by Crippen LogP contribution is -1.97. The molecule has 0 unspecified atom stereocenters. The van der Waals surface area contributed by atoms with Gasteiger partial charge >= 0.3 is 0 Å². The van der Waals surface area contributed by atoms with E-state index in [1.54, 1.807) is 13.0 Å². The average molecular weight is 288 g/mol. The number of aliphatic hydroxyl groups is 1. The Hall–Kier alpha value is -1.87. The third-order valence-corrected chi connectivity index (χ3v) is 3.39. The number of aryl methyl sites for hydroxylation is 1. The van der Waals surface area contributed by atoms with Crippen molar-refractivity contribution in [2.75, 3.05) is 0 Å². The Kier molecular flexibility index (Phi) is 5.34. The molecular formula is C18H21FO2. The summed E-state index contributed by atoms with van der Waals surface area (Å²) >= 11 is 0. The number of halogens is 1. The van der Waals surface area contributed by atoms with Crippen LogP contribution in [0.1, 0.15) is 43.9 Å². The van der Waals surface area contributed by atoms with E-state index in [0.717, 1.165) is 6.42 Å². The second kappa shape index (κ2) is 7.23. The van der Waals surface area contributed by atoms with Crippen LogP contribution >= 0.6 is 0 Å². The Labute approximate surface area is 125 Å². The molecule has 2 aromatic rings. The number of hydrogen-bond donors (Lipinski definition) is 1. The SMILES string of the molecule is CCCCc1ccc(Oc2ccc(F)cc2[C@H](C)O)cc1. The highest BCUT2D eigenvalue weighted by Gasteiger charge is 2.11. The third kappa shape index (κ3) is 4.30. The summed E-state index contributed by atoms with van der Waals surface area (Å²) in [5.74, 6) is 0.782. The molecule has 1 atom stereocenters. The van der Waals surface area contributed by atoms with E-state index in [9.17, 15) is 9.50 Å². The van der Waals surface area contributed by atoms with Gasteiger partial charge in [-0.15, -0.1) is 0 Å². The van der Waals surface area contributed by atoms with Crippen molar-refractivity contribution in [1.82, 2.24) is 0 Å². The van der Waals surface area contributed by atoms with Crippen LogP contribution in [-0.2, 0) is 6.42 Å². The van der Waals surface area contributed by atoms with Crippen molar-refractivity contribution in [3.63, 3.8) is 0 Å². The van der Waals surface area contributed by atoms with Crippen LogP contribution in [0.25, 0.3) is 0 Å². The van der Waals surface area contributed by atoms with Crippen molar-refractivity contribution in [3.05, 3.63) is 59.4 Å². The Morgan fingerprint density at radius 1 is 1.14 bits per heavy atom. The molecule has 3 heteroatoms. The first kappa shape index (κ1) is 15.5. The van der Waals surface area contributed by atoms with E-state index in [1.807, 2.05) is 24.3 Å². The van der Waals surface area contributed by atoms with E-state index in [1.165, 1.54) is 30.5 Å². The van der Waals surface area contributed by atoms with Crippen LogP contribution in [0, 0.1) is 5.82 Å². The van der Waals surface area contributed by atoms with Gasteiger partial charge in [-0.25, -0.2) is 4.39 Å². The van der Waals surface area contributed by atoms with Gasteiger partial charge in [0.1, 0.15) is 17.3 Å². The molecule has 2 aromatic carbocycles. The molecule has 0 saturated heterocycles. The van der Waals surface area contributed by atoms with Gasteiger partial charge in [0.25, 0.3) is 0 Å². The maximum Gasteiger partial charge on any atom is 0.133 e. The molecule has 2 rings (SSSR count). The van der Waals surface area contributed by atoms with Gasteiger partial charge in [-0.2, -0.15) is 0 Å². The summed E-state index contributed by atoms with van der Waals surface area (Å²) in [7, 11) is 0. The Morgan fingerprint density at radius 2 is 1.86 bits per heavy atom. The topological polar surface area (TPSA) is 29.5 Å². The second-order valence-corrected chi connectivity index (χ2v) is 5.21. The Morgan fingerprint density at radius 3 is 2.48 bits per heavy atom. The Balaban J connectivity index is 2.14. The van der Waals surface area contributed by atoms with E-state index < -0.39 is 6.10 Å². The number of unbranched alkanes of at least 4 members (excludes halogenated alkanes) is 1. The summed E-state index contributed by atoms with van der Waals surface area (Å²) in [5, 5.41) is 9.70. The van der Waals surface area contributed by atoms with Crippen molar-refractivity contribution >= 4 is 0 Å². The quantitative estimate of drug-likeness (QED) is 0.809. The average Bonchev–Trinajstić information content (AvgIpc) is 2.48. The lowest BCUT2D eigenvalue weighted by Gasteiger charge is -2.13. The normalized spacial score (nSPS) is 12.2. The molecule has 21 heavy (non-hydrogen) atoms. The van der Waals surface area contributed by atoms with Crippen LogP contribution in [-0.4, -0.2) is 5.11 Å². The molecule has 0 aromatic heterocycles. The van der Waals surface area contributed by atoms with Gasteiger partial charge in [-0.1, -0.05) is 25.5 Å².